The number of nitrogens with two attached hydrogens (primary N) is 1. The highest BCUT2D eigenvalue weighted by Crippen LogP contribution is 2.38. The van der Waals surface area contributed by atoms with Gasteiger partial charge >= 0.3 is 0 Å². The average molecular weight is 314 g/mol. The van der Waals surface area contributed by atoms with Crippen molar-refractivity contribution in [1.29, 1.82) is 0 Å². The fourth-order valence-electron chi connectivity index (χ4n) is 3.60. The van der Waals surface area contributed by atoms with Crippen LogP contribution in [0.1, 0.15) is 43.4 Å². The molecule has 0 bridgehead atoms. The molecule has 1 aliphatic carbocycles. The van der Waals surface area contributed by atoms with E-state index in [1.54, 1.807) is 10.4 Å². The summed E-state index contributed by atoms with van der Waals surface area (Å²) in [5.41, 5.74) is 5.59. The molecule has 2 aliphatic rings. The van der Waals surface area contributed by atoms with Crippen LogP contribution >= 0.6 is 11.3 Å². The Morgan fingerprint density at radius 2 is 1.95 bits per heavy atom. The fraction of sp³-hybridized carbons (Fsp3) is 0.714. The second-order valence-electron chi connectivity index (χ2n) is 5.79. The minimum Gasteiger partial charge on any atom is -0.326 e. The van der Waals surface area contributed by atoms with Crippen molar-refractivity contribution in [3.8, 4) is 0 Å². The Hall–Kier alpha value is -0.430. The molecule has 2 N–H and O–H groups in total. The van der Waals surface area contributed by atoms with E-state index in [0.29, 0.717) is 23.2 Å². The summed E-state index contributed by atoms with van der Waals surface area (Å²) in [6.07, 6.45) is 6.82. The fourth-order valence-corrected chi connectivity index (χ4v) is 6.72. The van der Waals surface area contributed by atoms with Crippen LogP contribution < -0.4 is 5.73 Å². The molecule has 0 radical (unpaired) electrons. The van der Waals surface area contributed by atoms with Crippen molar-refractivity contribution in [1.82, 2.24) is 4.31 Å². The van der Waals surface area contributed by atoms with Crippen molar-refractivity contribution < 1.29 is 8.42 Å². The number of thiophene rings is 1. The lowest BCUT2D eigenvalue weighted by atomic mass is 9.79. The summed E-state index contributed by atoms with van der Waals surface area (Å²) in [6, 6.07) is 3.78. The van der Waals surface area contributed by atoms with Crippen LogP contribution in [0.3, 0.4) is 0 Å². The van der Waals surface area contributed by atoms with Crippen molar-refractivity contribution >= 4 is 21.4 Å². The second kappa shape index (κ2) is 5.75. The van der Waals surface area contributed by atoms with Gasteiger partial charge in [0.2, 0.25) is 0 Å². The molecule has 0 unspecified atom stereocenters. The van der Waals surface area contributed by atoms with E-state index in [9.17, 15) is 8.42 Å². The van der Waals surface area contributed by atoms with Gasteiger partial charge in [-0.05, 0) is 43.7 Å². The Bertz CT molecular complexity index is 565. The molecule has 4 nitrogen and oxygen atoms in total. The van der Waals surface area contributed by atoms with E-state index in [-0.39, 0.29) is 6.04 Å². The zero-order chi connectivity index (χ0) is 14.2. The highest BCUT2D eigenvalue weighted by Gasteiger charge is 2.40. The number of hydrogen-bond donors (Lipinski definition) is 1. The van der Waals surface area contributed by atoms with Crippen molar-refractivity contribution in [3.63, 3.8) is 0 Å². The maximum absolute atomic E-state index is 12.9. The summed E-state index contributed by atoms with van der Waals surface area (Å²) in [4.78, 5) is 0.931. The van der Waals surface area contributed by atoms with Gasteiger partial charge in [0.1, 0.15) is 4.21 Å². The minimum absolute atomic E-state index is 0.228. The van der Waals surface area contributed by atoms with Crippen LogP contribution in [0.4, 0.5) is 0 Å². The van der Waals surface area contributed by atoms with E-state index in [2.05, 4.69) is 0 Å². The third-order valence-electron chi connectivity index (χ3n) is 4.59. The standard InChI is InChI=1S/C14H22N2O2S2/c15-10-12-7-8-14(19-12)20(17,18)16-9-3-5-11-4-1-2-6-13(11)16/h7-8,11,13H,1-6,9-10,15H2/t11-,13-/m1/s1. The van der Waals surface area contributed by atoms with Gasteiger partial charge in [-0.1, -0.05) is 12.8 Å². The molecule has 2 fully saturated rings. The highest BCUT2D eigenvalue weighted by atomic mass is 32.2. The second-order valence-corrected chi connectivity index (χ2v) is 9.08. The summed E-state index contributed by atoms with van der Waals surface area (Å²) in [7, 11) is -3.33. The predicted octanol–water partition coefficient (Wildman–Crippen LogP) is 2.55. The summed E-state index contributed by atoms with van der Waals surface area (Å²) in [5, 5.41) is 0. The monoisotopic (exact) mass is 314 g/mol. The van der Waals surface area contributed by atoms with E-state index < -0.39 is 10.0 Å². The van der Waals surface area contributed by atoms with Gasteiger partial charge in [-0.2, -0.15) is 4.31 Å². The van der Waals surface area contributed by atoms with Gasteiger partial charge in [0.05, 0.1) is 0 Å². The van der Waals surface area contributed by atoms with Gasteiger partial charge < -0.3 is 5.73 Å². The normalized spacial score (nSPS) is 28.2. The minimum atomic E-state index is -3.33. The quantitative estimate of drug-likeness (QED) is 0.932. The van der Waals surface area contributed by atoms with E-state index in [0.717, 1.165) is 24.1 Å². The number of fused-ring (bicyclic) bond motifs is 1. The average Bonchev–Trinajstić information content (AvgIpc) is 2.96. The summed E-state index contributed by atoms with van der Waals surface area (Å²) in [6.45, 7) is 1.09. The first-order valence-electron chi connectivity index (χ1n) is 7.43. The van der Waals surface area contributed by atoms with Crippen LogP contribution in [0.5, 0.6) is 0 Å². The maximum Gasteiger partial charge on any atom is 0.252 e. The zero-order valence-corrected chi connectivity index (χ0v) is 13.3. The molecule has 1 aliphatic heterocycles. The van der Waals surface area contributed by atoms with Crippen LogP contribution in [0, 0.1) is 5.92 Å². The molecular formula is C14H22N2O2S2. The van der Waals surface area contributed by atoms with E-state index in [4.69, 9.17) is 5.73 Å². The van der Waals surface area contributed by atoms with E-state index in [1.165, 1.54) is 30.6 Å². The molecule has 6 heteroatoms. The predicted molar refractivity (Wildman–Crippen MR) is 81.1 cm³/mol. The van der Waals surface area contributed by atoms with Gasteiger partial charge in [0.25, 0.3) is 10.0 Å². The zero-order valence-electron chi connectivity index (χ0n) is 11.6. The van der Waals surface area contributed by atoms with Gasteiger partial charge in [0, 0.05) is 24.0 Å². The number of nitrogens with zero attached hydrogens (tertiary/aromatic N) is 1. The molecule has 0 spiro atoms. The van der Waals surface area contributed by atoms with E-state index in [1.807, 2.05) is 6.07 Å². The number of piperidine rings is 1. The lowest BCUT2D eigenvalue weighted by Crippen LogP contribution is -2.49. The van der Waals surface area contributed by atoms with Crippen LogP contribution in [-0.4, -0.2) is 25.3 Å². The molecule has 2 heterocycles. The molecule has 1 saturated carbocycles. The lowest BCUT2D eigenvalue weighted by molar-refractivity contribution is 0.129. The summed E-state index contributed by atoms with van der Waals surface area (Å²) in [5.74, 6) is 0.571. The van der Waals surface area contributed by atoms with Gasteiger partial charge in [-0.3, -0.25) is 0 Å². The summed E-state index contributed by atoms with van der Waals surface area (Å²) >= 11 is 1.32. The van der Waals surface area contributed by atoms with Crippen LogP contribution in [0.15, 0.2) is 16.3 Å². The summed E-state index contributed by atoms with van der Waals surface area (Å²) < 4.78 is 28.0. The molecule has 0 amide bonds. The number of hydrogen-bond acceptors (Lipinski definition) is 4. The van der Waals surface area contributed by atoms with Crippen molar-refractivity contribution in [2.24, 2.45) is 11.7 Å². The highest BCUT2D eigenvalue weighted by molar-refractivity contribution is 7.91. The Labute approximate surface area is 125 Å². The third-order valence-corrected chi connectivity index (χ3v) is 8.09. The molecule has 1 aromatic heterocycles. The first-order chi connectivity index (χ1) is 9.63. The third kappa shape index (κ3) is 2.54. The van der Waals surface area contributed by atoms with Gasteiger partial charge in [0.15, 0.2) is 0 Å². The number of sulfonamides is 1. The van der Waals surface area contributed by atoms with E-state index >= 15 is 0 Å². The van der Waals surface area contributed by atoms with Gasteiger partial charge in [-0.25, -0.2) is 8.42 Å². The Morgan fingerprint density at radius 1 is 1.20 bits per heavy atom. The van der Waals surface area contributed by atoms with Crippen molar-refractivity contribution in [2.75, 3.05) is 6.54 Å². The lowest BCUT2D eigenvalue weighted by Gasteiger charge is -2.42. The molecule has 1 saturated heterocycles. The first-order valence-corrected chi connectivity index (χ1v) is 9.69. The molecule has 112 valence electrons. The molecule has 20 heavy (non-hydrogen) atoms. The van der Waals surface area contributed by atoms with Crippen LogP contribution in [-0.2, 0) is 16.6 Å². The SMILES string of the molecule is NCc1ccc(S(=O)(=O)N2CCC[C@H]3CCCC[C@H]32)s1. The molecule has 1 aromatic rings. The Kier molecular flexibility index (Phi) is 4.17. The van der Waals surface area contributed by atoms with Gasteiger partial charge in [-0.15, -0.1) is 11.3 Å². The topological polar surface area (TPSA) is 63.4 Å². The van der Waals surface area contributed by atoms with Crippen LogP contribution in [0.25, 0.3) is 0 Å². The van der Waals surface area contributed by atoms with Crippen molar-refractivity contribution in [3.05, 3.63) is 17.0 Å². The maximum atomic E-state index is 12.9. The largest absolute Gasteiger partial charge is 0.326 e. The first kappa shape index (κ1) is 14.5. The molecule has 3 rings (SSSR count). The van der Waals surface area contributed by atoms with Crippen molar-refractivity contribution in [2.45, 2.75) is 55.3 Å². The Morgan fingerprint density at radius 3 is 2.70 bits per heavy atom. The number of rotatable bonds is 3. The van der Waals surface area contributed by atoms with Crippen LogP contribution in [0.2, 0.25) is 0 Å². The smallest absolute Gasteiger partial charge is 0.252 e. The molecule has 0 aromatic carbocycles. The Balaban J connectivity index is 1.89. The molecular weight excluding hydrogens is 292 g/mol. The molecule has 2 atom stereocenters.